The van der Waals surface area contributed by atoms with Gasteiger partial charge in [-0.25, -0.2) is 4.79 Å². The van der Waals surface area contributed by atoms with E-state index in [1.54, 1.807) is 48.0 Å². The molecule has 3 rings (SSSR count). The van der Waals surface area contributed by atoms with Crippen molar-refractivity contribution >= 4 is 35.0 Å². The number of carbonyl (C=O) groups is 6. The number of amides is 1. The average Bonchev–Trinajstić information content (AvgIpc) is 3.32. The third-order valence-electron chi connectivity index (χ3n) is 14.3. The van der Waals surface area contributed by atoms with E-state index in [2.05, 4.69) is 0 Å². The van der Waals surface area contributed by atoms with E-state index in [4.69, 9.17) is 29.4 Å². The highest BCUT2D eigenvalue weighted by Gasteiger charge is 2.42. The molecule has 384 valence electrons. The van der Waals surface area contributed by atoms with Gasteiger partial charge in [-0.3, -0.25) is 24.0 Å². The summed E-state index contributed by atoms with van der Waals surface area (Å²) in [6.45, 7) is 13.4. The Morgan fingerprint density at radius 3 is 2.19 bits per heavy atom. The Morgan fingerprint density at radius 2 is 1.53 bits per heavy atom. The standard InChI is InChI=1S/C53H84N2O13/c1-32-16-12-11-13-17-33(2)44(64-8)30-40(56)21-19-34(3)47(58)50(61)52(62)55-24-15-14-18-41(55)53(63)68-45(36(5)28-39-20-22-43(67-25-23-54)46(29-39)65-9)31-42(57)35(4)27-38(7)49(60)51(66-10)48(59)37(6)26-32/h11-13,16-17,27,32,34-37,39-41,43-46,49,51,56,60H,14-15,18-26,28-31,54H2,1-10H3/b13-11+,16-12+,33-17+,38-27+/t32-,34-,35-,36-,37-,39-,40+,41+,43-,44+,45+,46-,49-,51+/m1/s1. The molecule has 1 amide bonds. The molecule has 14 atom stereocenters. The van der Waals surface area contributed by atoms with Gasteiger partial charge in [-0.1, -0.05) is 71.1 Å². The van der Waals surface area contributed by atoms with Crippen LogP contribution in [0.25, 0.3) is 0 Å². The first-order valence-electron chi connectivity index (χ1n) is 24.9. The van der Waals surface area contributed by atoms with Gasteiger partial charge in [-0.05, 0) is 107 Å². The van der Waals surface area contributed by atoms with E-state index in [0.29, 0.717) is 50.8 Å². The van der Waals surface area contributed by atoms with Gasteiger partial charge in [-0.15, -0.1) is 0 Å². The molecule has 0 aromatic heterocycles. The van der Waals surface area contributed by atoms with Gasteiger partial charge in [0.25, 0.3) is 11.7 Å². The number of ether oxygens (including phenoxy) is 5. The zero-order valence-corrected chi connectivity index (χ0v) is 42.6. The monoisotopic (exact) mass is 957 g/mol. The number of hydrogen-bond donors (Lipinski definition) is 3. The number of fused-ring (bicyclic) bond motifs is 1. The van der Waals surface area contributed by atoms with E-state index in [1.165, 1.54) is 7.11 Å². The lowest BCUT2D eigenvalue weighted by Crippen LogP contribution is -2.53. The molecule has 0 unspecified atom stereocenters. The highest BCUT2D eigenvalue weighted by Crippen LogP contribution is 2.35. The summed E-state index contributed by atoms with van der Waals surface area (Å²) in [5, 5.41) is 22.4. The molecular formula is C53H84N2O13. The lowest BCUT2D eigenvalue weighted by atomic mass is 9.78. The van der Waals surface area contributed by atoms with Gasteiger partial charge in [-0.2, -0.15) is 0 Å². The van der Waals surface area contributed by atoms with E-state index in [1.807, 2.05) is 51.2 Å². The van der Waals surface area contributed by atoms with E-state index < -0.39 is 77.8 Å². The van der Waals surface area contributed by atoms with Crippen LogP contribution in [0.1, 0.15) is 126 Å². The second-order valence-corrected chi connectivity index (χ2v) is 19.8. The molecule has 0 radical (unpaired) electrons. The van der Waals surface area contributed by atoms with Crippen LogP contribution >= 0.6 is 0 Å². The lowest BCUT2D eigenvalue weighted by Gasteiger charge is -2.38. The van der Waals surface area contributed by atoms with Crippen molar-refractivity contribution in [2.24, 2.45) is 41.2 Å². The second kappa shape index (κ2) is 29.5. The molecule has 0 aromatic rings. The van der Waals surface area contributed by atoms with Crippen molar-refractivity contribution in [2.75, 3.05) is 41.0 Å². The number of piperidine rings is 1. The van der Waals surface area contributed by atoms with Crippen LogP contribution in [0.3, 0.4) is 0 Å². The maximum Gasteiger partial charge on any atom is 0.329 e. The number of esters is 1. The minimum Gasteiger partial charge on any atom is -0.460 e. The fourth-order valence-corrected chi connectivity index (χ4v) is 9.88. The molecule has 15 heteroatoms. The third kappa shape index (κ3) is 17.6. The van der Waals surface area contributed by atoms with Crippen molar-refractivity contribution in [3.8, 4) is 0 Å². The number of methoxy groups -OCH3 is 3. The molecule has 1 saturated heterocycles. The molecule has 15 nitrogen and oxygen atoms in total. The Kier molecular flexibility index (Phi) is 25.4. The van der Waals surface area contributed by atoms with Crippen LogP contribution < -0.4 is 5.73 Å². The number of aliphatic hydroxyl groups is 2. The van der Waals surface area contributed by atoms with Crippen LogP contribution in [-0.4, -0.2) is 140 Å². The van der Waals surface area contributed by atoms with Gasteiger partial charge in [0.15, 0.2) is 5.78 Å². The number of nitrogens with zero attached hydrogens (tertiary/aromatic N) is 1. The highest BCUT2D eigenvalue weighted by molar-refractivity contribution is 6.63. The summed E-state index contributed by atoms with van der Waals surface area (Å²) in [7, 11) is 4.57. The van der Waals surface area contributed by atoms with Crippen molar-refractivity contribution < 1.29 is 62.7 Å². The van der Waals surface area contributed by atoms with Crippen LogP contribution in [0.15, 0.2) is 47.6 Å². The number of ketones is 4. The van der Waals surface area contributed by atoms with Crippen LogP contribution in [0.2, 0.25) is 0 Å². The molecule has 1 aliphatic carbocycles. The van der Waals surface area contributed by atoms with Gasteiger partial charge >= 0.3 is 5.97 Å². The van der Waals surface area contributed by atoms with Crippen molar-refractivity contribution in [3.63, 3.8) is 0 Å². The Morgan fingerprint density at radius 1 is 0.809 bits per heavy atom. The smallest absolute Gasteiger partial charge is 0.329 e. The Bertz CT molecular complexity index is 1790. The molecule has 1 saturated carbocycles. The average molecular weight is 957 g/mol. The third-order valence-corrected chi connectivity index (χ3v) is 14.3. The van der Waals surface area contributed by atoms with Crippen LogP contribution in [-0.2, 0) is 52.5 Å². The minimum absolute atomic E-state index is 0.0132. The number of carbonyl (C=O) groups excluding carboxylic acids is 6. The first-order chi connectivity index (χ1) is 32.3. The predicted octanol–water partition coefficient (Wildman–Crippen LogP) is 6.01. The van der Waals surface area contributed by atoms with Crippen LogP contribution in [0.5, 0.6) is 0 Å². The Balaban J connectivity index is 1.98. The number of allylic oxidation sites excluding steroid dienone is 6. The normalized spacial score (nSPS) is 36.5. The largest absolute Gasteiger partial charge is 0.460 e. The van der Waals surface area contributed by atoms with Gasteiger partial charge in [0, 0.05) is 65.0 Å². The fraction of sp³-hybridized carbons (Fsp3) is 0.736. The van der Waals surface area contributed by atoms with Crippen LogP contribution in [0.4, 0.5) is 0 Å². The first-order valence-corrected chi connectivity index (χ1v) is 24.9. The van der Waals surface area contributed by atoms with Gasteiger partial charge in [0.2, 0.25) is 5.78 Å². The van der Waals surface area contributed by atoms with Crippen molar-refractivity contribution in [1.29, 1.82) is 0 Å². The Labute approximate surface area is 405 Å². The molecule has 68 heavy (non-hydrogen) atoms. The molecule has 3 aliphatic rings. The summed E-state index contributed by atoms with van der Waals surface area (Å²) in [5.41, 5.74) is 6.93. The topological polar surface area (TPSA) is 218 Å². The summed E-state index contributed by atoms with van der Waals surface area (Å²) in [6, 6.07) is -1.15. The van der Waals surface area contributed by atoms with Crippen molar-refractivity contribution in [3.05, 3.63) is 47.6 Å². The number of hydrogen-bond acceptors (Lipinski definition) is 14. The molecule has 0 spiro atoms. The molecule has 2 fully saturated rings. The molecule has 2 heterocycles. The van der Waals surface area contributed by atoms with Gasteiger partial charge in [0.1, 0.15) is 30.1 Å². The molecule has 0 bridgehead atoms. The van der Waals surface area contributed by atoms with Crippen molar-refractivity contribution in [1.82, 2.24) is 4.90 Å². The number of cyclic esters (lactones) is 1. The number of rotatable bonds is 9. The predicted molar refractivity (Wildman–Crippen MR) is 259 cm³/mol. The maximum absolute atomic E-state index is 14.3. The fourth-order valence-electron chi connectivity index (χ4n) is 9.88. The summed E-state index contributed by atoms with van der Waals surface area (Å²) in [6.07, 6.45) is 11.2. The van der Waals surface area contributed by atoms with Crippen LogP contribution in [0, 0.1) is 35.5 Å². The minimum atomic E-state index is -1.33. The zero-order valence-electron chi connectivity index (χ0n) is 42.6. The molecule has 2 aliphatic heterocycles. The highest BCUT2D eigenvalue weighted by atomic mass is 16.5. The first kappa shape index (κ1) is 58.6. The van der Waals surface area contributed by atoms with E-state index >= 15 is 0 Å². The number of Topliss-reactive ketones (excluding diaryl/α,β-unsaturated/α-hetero) is 4. The second-order valence-electron chi connectivity index (χ2n) is 19.8. The number of aliphatic hydroxyl groups excluding tert-OH is 2. The quantitative estimate of drug-likeness (QED) is 0.137. The molecule has 0 aromatic carbocycles. The van der Waals surface area contributed by atoms with E-state index in [-0.39, 0.29) is 80.2 Å². The maximum atomic E-state index is 14.3. The zero-order chi connectivity index (χ0) is 50.7. The van der Waals surface area contributed by atoms with Crippen molar-refractivity contribution in [2.45, 2.75) is 174 Å². The van der Waals surface area contributed by atoms with Gasteiger partial charge < -0.3 is 44.5 Å². The molecular weight excluding hydrogens is 873 g/mol. The van der Waals surface area contributed by atoms with E-state index in [0.717, 1.165) is 23.3 Å². The summed E-state index contributed by atoms with van der Waals surface area (Å²) < 4.78 is 29.3. The molecule has 4 N–H and O–H groups in total. The number of nitrogens with two attached hydrogens (primary N) is 1. The summed E-state index contributed by atoms with van der Waals surface area (Å²) in [5.74, 6) is -6.73. The van der Waals surface area contributed by atoms with Gasteiger partial charge in [0.05, 0.1) is 31.0 Å². The lowest BCUT2D eigenvalue weighted by molar-refractivity contribution is -0.166. The summed E-state index contributed by atoms with van der Waals surface area (Å²) >= 11 is 0. The Hall–Kier alpha value is -3.70. The van der Waals surface area contributed by atoms with E-state index in [9.17, 15) is 39.0 Å². The summed E-state index contributed by atoms with van der Waals surface area (Å²) in [4.78, 5) is 84.1. The SMILES string of the molecule is CO[C@H]1C[C@@H](O)CC[C@@H](C)C(=O)C(=O)C(=O)N2CCCC[C@H]2C(=O)O[C@H]([C@H](C)C[C@H]2CC[C@@H](OCCN)[C@H](OC)C2)CC(=O)[C@H](C)/C=C(\C)[C@@H](O)[C@@H](OC)C(=O)[C@H](C)C[C@H](C)/C=C/C=C/C=C/1C.